The van der Waals surface area contributed by atoms with Crippen molar-refractivity contribution < 1.29 is 206 Å². The molecular formula is C94H169N11O42. The van der Waals surface area contributed by atoms with Crippen LogP contribution in [0.5, 0.6) is 0 Å². The number of aliphatic hydroxyl groups excluding tert-OH is 18. The van der Waals surface area contributed by atoms with Crippen LogP contribution in [0.2, 0.25) is 0 Å². The predicted molar refractivity (Wildman–Crippen MR) is 513 cm³/mol. The highest BCUT2D eigenvalue weighted by atomic mass is 16.7. The Kier molecular flexibility index (Phi) is 65.4. The molecule has 53 heteroatoms. The van der Waals surface area contributed by atoms with Crippen molar-refractivity contribution in [3.8, 4) is 0 Å². The molecule has 6 aliphatic heterocycles. The Balaban J connectivity index is 0.000000459. The average molecular weight is 2130 g/mol. The minimum Gasteiger partial charge on any atom is -0.388 e. The molecule has 6 fully saturated rings. The molecule has 0 saturated carbocycles. The number of hydrogen-bond donors (Lipinski definition) is 26. The molecule has 852 valence electrons. The summed E-state index contributed by atoms with van der Waals surface area (Å²) in [6.07, 6.45) is -26.5. The molecule has 0 spiro atoms. The van der Waals surface area contributed by atoms with Gasteiger partial charge in [0.25, 0.3) is 0 Å². The normalized spacial score (nSPS) is 30.2. The molecule has 6 heterocycles. The molecule has 30 atom stereocenters. The summed E-state index contributed by atoms with van der Waals surface area (Å²) in [6, 6.07) is 0. The van der Waals surface area contributed by atoms with E-state index in [-0.39, 0.29) is 192 Å². The number of unbranched alkanes of at least 4 members (excludes halogenated alkanes) is 7. The smallest absolute Gasteiger partial charge is 0.234 e. The van der Waals surface area contributed by atoms with E-state index in [0.29, 0.717) is 77.5 Å². The lowest BCUT2D eigenvalue weighted by molar-refractivity contribution is -0.293. The maximum absolute atomic E-state index is 12.9. The maximum Gasteiger partial charge on any atom is 0.234 e. The number of nitrogens with one attached hydrogen (secondary N) is 8. The zero-order valence-corrected chi connectivity index (χ0v) is 85.9. The molecule has 0 unspecified atom stereocenters. The van der Waals surface area contributed by atoms with Crippen LogP contribution in [0.15, 0.2) is 0 Å². The van der Waals surface area contributed by atoms with Crippen molar-refractivity contribution in [3.05, 3.63) is 0 Å². The minimum absolute atomic E-state index is 0.00275. The topological polar surface area (TPSA) is 786 Å². The molecule has 6 rings (SSSR count). The fraction of sp³-hybridized carbons (Fsp3) is 0.872. The van der Waals surface area contributed by atoms with Crippen molar-refractivity contribution in [2.75, 3.05) is 151 Å². The van der Waals surface area contributed by atoms with Gasteiger partial charge in [0, 0.05) is 97.3 Å². The molecule has 0 aromatic rings. The van der Waals surface area contributed by atoms with Crippen LogP contribution in [-0.4, -0.2) is 512 Å². The second-order valence-corrected chi connectivity index (χ2v) is 37.4. The molecule has 0 aromatic heterocycles. The Morgan fingerprint density at radius 3 is 0.633 bits per heavy atom. The Labute approximate surface area is 856 Å². The van der Waals surface area contributed by atoms with Gasteiger partial charge in [0.15, 0.2) is 37.7 Å². The number of rotatable bonds is 67. The van der Waals surface area contributed by atoms with Gasteiger partial charge in [-0.15, -0.1) is 0 Å². The van der Waals surface area contributed by atoms with E-state index in [0.717, 1.165) is 44.9 Å². The highest BCUT2D eigenvalue weighted by Crippen LogP contribution is 2.29. The van der Waals surface area contributed by atoms with Gasteiger partial charge < -0.3 is 191 Å². The van der Waals surface area contributed by atoms with Gasteiger partial charge in [0.05, 0.1) is 135 Å². The van der Waals surface area contributed by atoms with Crippen molar-refractivity contribution in [3.63, 3.8) is 0 Å². The van der Waals surface area contributed by atoms with E-state index in [1.807, 2.05) is 20.8 Å². The van der Waals surface area contributed by atoms with Crippen LogP contribution < -0.4 is 42.5 Å². The number of ketones is 4. The standard InChI is InChI=1S/C33H58N2O14.C31H56N4O14.C30H55N5O14/c1-4-34-25(39)14-8-6-5-7-11-22(36)17-35(18-23(37)12-9-15-46-32-30(44)28(42)26(40)20(2)48-32)19-24(38)13-10-16-47-33-31(45)29(43)27(41)21(3)49-33;1-4-8-20(36)9-6-5-7-10-32-21(37)15-35(16-22(38)33-11-13-46-30-28(44)26(42)24(40)18(2)48-30)17-23(39)34-12-14-47-31-29(45)27(43)25(41)19(3)49-31;1-4-31-19(36)8-6-5-7-9-32-20(37)14-35(15-21(38)33-10-12-46-29-27(44)25(42)23(40)17(2)48-29)16-22(39)34-11-13-47-30-28(45)26(43)24(41)18(3)49-30/h20-21,26-33,40-45H,4-19H2,1-3H3,(H,34,39);18-19,24-31,40-45H,4-17H2,1-3H3,(H,32,37)(H,33,38)(H,34,39);17-18,23-30,40-45H,4-16H2,1-3H3,(H,31,36)(H,32,37)(H,33,38)(H,34,39)/t20-,21-,26+,27+,28+,29+,30-,31-,32+,33+;18-,19-,24+,25+,26+,27+,28-,29-,30+,31+;17-,18-,23+,24+,25+,26+,27-,28-,29+,30+/m000/s1. The van der Waals surface area contributed by atoms with Gasteiger partial charge >= 0.3 is 0 Å². The van der Waals surface area contributed by atoms with E-state index in [9.17, 15) is 149 Å². The summed E-state index contributed by atoms with van der Waals surface area (Å²) in [5.74, 6) is -3.36. The summed E-state index contributed by atoms with van der Waals surface area (Å²) in [5.41, 5.74) is 0. The summed E-state index contributed by atoms with van der Waals surface area (Å²) in [4.78, 5) is 154. The van der Waals surface area contributed by atoms with E-state index < -0.39 is 220 Å². The zero-order chi connectivity index (χ0) is 110. The number of amides is 8. The van der Waals surface area contributed by atoms with E-state index in [1.54, 1.807) is 0 Å². The second kappa shape index (κ2) is 72.7. The molecule has 26 N–H and O–H groups in total. The highest BCUT2D eigenvalue weighted by molar-refractivity contribution is 5.87. The molecule has 147 heavy (non-hydrogen) atoms. The molecule has 0 radical (unpaired) electrons. The summed E-state index contributed by atoms with van der Waals surface area (Å²) in [7, 11) is 0. The number of carbonyl (C=O) groups excluding carboxylic acids is 12. The summed E-state index contributed by atoms with van der Waals surface area (Å²) >= 11 is 0. The van der Waals surface area contributed by atoms with E-state index in [1.165, 1.54) is 56.2 Å². The lowest BCUT2D eigenvalue weighted by Crippen LogP contribution is -2.57. The van der Waals surface area contributed by atoms with Crippen LogP contribution >= 0.6 is 0 Å². The second-order valence-electron chi connectivity index (χ2n) is 37.4. The zero-order valence-electron chi connectivity index (χ0n) is 85.9. The van der Waals surface area contributed by atoms with Gasteiger partial charge in [-0.1, -0.05) is 32.6 Å². The number of ether oxygens (including phenoxy) is 12. The first-order valence-corrected chi connectivity index (χ1v) is 51.0. The van der Waals surface area contributed by atoms with Crippen molar-refractivity contribution >= 4 is 70.4 Å². The molecular weight excluding hydrogens is 1960 g/mol. The molecule has 53 nitrogen and oxygen atoms in total. The fourth-order valence-electron chi connectivity index (χ4n) is 16.0. The van der Waals surface area contributed by atoms with Gasteiger partial charge in [-0.25, -0.2) is 0 Å². The van der Waals surface area contributed by atoms with Crippen LogP contribution in [0.1, 0.15) is 191 Å². The summed E-state index contributed by atoms with van der Waals surface area (Å²) in [5, 5.41) is 200. The molecule has 8 amide bonds. The van der Waals surface area contributed by atoms with Gasteiger partial charge in [-0.3, -0.25) is 72.2 Å². The van der Waals surface area contributed by atoms with Crippen molar-refractivity contribution in [2.24, 2.45) is 0 Å². The van der Waals surface area contributed by atoms with Gasteiger partial charge in [-0.05, 0) is 113 Å². The first kappa shape index (κ1) is 132. The van der Waals surface area contributed by atoms with Crippen LogP contribution in [0.3, 0.4) is 0 Å². The largest absolute Gasteiger partial charge is 0.388 e. The van der Waals surface area contributed by atoms with Crippen molar-refractivity contribution in [2.45, 2.75) is 375 Å². The number of aliphatic hydroxyl groups is 18. The number of nitrogens with zero attached hydrogens (tertiary/aromatic N) is 3. The highest BCUT2D eigenvalue weighted by Gasteiger charge is 2.48. The number of hydrogen-bond acceptors (Lipinski definition) is 45. The third-order valence-corrected chi connectivity index (χ3v) is 24.6. The Morgan fingerprint density at radius 1 is 0.204 bits per heavy atom. The lowest BCUT2D eigenvalue weighted by atomic mass is 10.00. The van der Waals surface area contributed by atoms with E-state index in [4.69, 9.17) is 56.8 Å². The number of carbonyl (C=O) groups is 12. The molecule has 6 saturated heterocycles. The van der Waals surface area contributed by atoms with Crippen LogP contribution in [0, 0.1) is 0 Å². The maximum atomic E-state index is 12.9. The van der Waals surface area contributed by atoms with Gasteiger partial charge in [0.2, 0.25) is 47.3 Å². The Hall–Kier alpha value is -6.88. The first-order valence-electron chi connectivity index (χ1n) is 51.0. The van der Waals surface area contributed by atoms with Crippen molar-refractivity contribution in [1.82, 2.24) is 57.2 Å². The minimum atomic E-state index is -1.50. The fourth-order valence-corrected chi connectivity index (χ4v) is 16.0. The van der Waals surface area contributed by atoms with E-state index in [2.05, 4.69) is 42.5 Å². The summed E-state index contributed by atoms with van der Waals surface area (Å²) < 4.78 is 64.8. The van der Waals surface area contributed by atoms with Crippen LogP contribution in [0.4, 0.5) is 0 Å². The molecule has 0 aliphatic carbocycles. The van der Waals surface area contributed by atoms with Gasteiger partial charge in [-0.2, -0.15) is 0 Å². The number of Topliss-reactive ketones (excluding diaryl/α,β-unsaturated/α-hetero) is 4. The van der Waals surface area contributed by atoms with Crippen molar-refractivity contribution in [1.29, 1.82) is 0 Å². The predicted octanol–water partition coefficient (Wildman–Crippen LogP) is -10.0. The average Bonchev–Trinajstić information content (AvgIpc) is 0.846. The van der Waals surface area contributed by atoms with E-state index >= 15 is 0 Å². The molecule has 0 aromatic carbocycles. The monoisotopic (exact) mass is 2120 g/mol. The SMILES string of the molecule is CCCC(=O)CCCCCNC(=O)CN(CC(=O)NCCO[C@@H]1O[C@@H](C)[C@@H](O)[C@@H](O)[C@@H]1O)CC(=O)NCCO[C@@H]1O[C@@H](C)[C@@H](O)[C@@H](O)[C@@H]1O.CCNC(=O)CCCCCCC(=O)CN(CC(=O)CCCO[C@@H]1O[C@@H](C)[C@@H](O)[C@@H](O)[C@@H]1O)CC(=O)CCCO[C@@H]1O[C@@H](C)[C@@H](O)[C@@H](O)[C@@H]1O.CCNC(=O)CCCCCNC(=O)CN(CC(=O)NCCO[C@@H]1O[C@@H](C)[C@@H](O)[C@@H](O)[C@@H]1O)CC(=O)NCCO[C@@H]1O[C@@H](C)[C@@H](O)[C@@H](O)[C@@H]1O. The molecule has 0 bridgehead atoms. The third-order valence-electron chi connectivity index (χ3n) is 24.6. The lowest BCUT2D eigenvalue weighted by Gasteiger charge is -2.38. The van der Waals surface area contributed by atoms with Crippen LogP contribution in [-0.2, 0) is 114 Å². The first-order chi connectivity index (χ1) is 69.7. The Morgan fingerprint density at radius 2 is 0.401 bits per heavy atom. The third kappa shape index (κ3) is 50.7. The Bertz CT molecular complexity index is 3270. The van der Waals surface area contributed by atoms with Gasteiger partial charge in [0.1, 0.15) is 133 Å². The summed E-state index contributed by atoms with van der Waals surface area (Å²) in [6.45, 7) is 13.8. The molecule has 6 aliphatic rings. The van der Waals surface area contributed by atoms with Crippen LogP contribution in [0.25, 0.3) is 0 Å². The quantitative estimate of drug-likeness (QED) is 0.0251.